The summed E-state index contributed by atoms with van der Waals surface area (Å²) in [7, 11) is 2.83. The van der Waals surface area contributed by atoms with E-state index in [1.165, 1.54) is 27.9 Å². The molecule has 4 heterocycles. The van der Waals surface area contributed by atoms with E-state index in [9.17, 15) is 81.1 Å². The maximum absolute atomic E-state index is 12.1. The number of nitrogens with two attached hydrogens (primary N) is 4. The molecule has 38 nitrogen and oxygen atoms in total. The highest BCUT2D eigenvalue weighted by molar-refractivity contribution is 7.59. The number of aliphatic hydroxyl groups is 14. The average Bonchev–Trinajstić information content (AvgIpc) is 3.87. The zero-order valence-electron chi connectivity index (χ0n) is 43.9. The van der Waals surface area contributed by atoms with Gasteiger partial charge in [0.15, 0.2) is 72.8 Å². The number of likely N-dealkylation sites (N-methyl/N-ethyl adjacent to an activating group) is 2. The number of carbonyl (C=O) groups is 2. The van der Waals surface area contributed by atoms with E-state index in [0.717, 1.165) is 0 Å². The highest BCUT2D eigenvalue weighted by atomic mass is 32.1. The van der Waals surface area contributed by atoms with Crippen molar-refractivity contribution in [3.63, 3.8) is 0 Å². The summed E-state index contributed by atoms with van der Waals surface area (Å²) in [5.74, 6) is -2.57. The van der Waals surface area contributed by atoms with Crippen LogP contribution < -0.4 is 54.8 Å². The Labute approximate surface area is 468 Å². The first kappa shape index (κ1) is 69.3. The first-order chi connectivity index (χ1) is 37.4. The molecule has 0 spiro atoms. The molecule has 0 radical (unpaired) electrons. The predicted octanol–water partition coefficient (Wildman–Crippen LogP) is -15.4. The fourth-order valence-electron chi connectivity index (χ4n) is 10.4. The molecule has 6 rings (SSSR count). The van der Waals surface area contributed by atoms with Gasteiger partial charge in [-0.2, -0.15) is 13.5 Å². The van der Waals surface area contributed by atoms with Crippen molar-refractivity contribution in [1.82, 2.24) is 31.9 Å². The van der Waals surface area contributed by atoms with Crippen molar-refractivity contribution in [1.29, 1.82) is 21.6 Å². The van der Waals surface area contributed by atoms with Crippen LogP contribution in [0.3, 0.4) is 0 Å². The van der Waals surface area contributed by atoms with Gasteiger partial charge in [-0.05, 0) is 27.9 Å². The second-order valence-corrected chi connectivity index (χ2v) is 19.9. The highest BCUT2D eigenvalue weighted by Gasteiger charge is 2.63. The topological polar surface area (TPSA) is 663 Å². The minimum atomic E-state index is -2.39. The van der Waals surface area contributed by atoms with E-state index in [2.05, 4.69) is 31.9 Å². The largest absolute Gasteiger partial charge is 0.394 e. The van der Waals surface area contributed by atoms with Crippen LogP contribution in [0.2, 0.25) is 0 Å². The number of guanidine groups is 4. The van der Waals surface area contributed by atoms with Crippen LogP contribution in [-0.4, -0.2) is 318 Å². The van der Waals surface area contributed by atoms with E-state index < -0.39 is 220 Å². The molecule has 6 fully saturated rings. The SMILES string of the molecule is CN[C@@H]1[C@H](O[C@H]2[C@H](O[C@H]3[C@H](O)[C@@H](O)[C@H](NC(=N)N)[C@@H](O)[C@@H]3NC(=N)N)O[C@@H](C)[C@]2(O)C=O)O[C@@H](CO)[C@H](O)[C@H]1O.CN[C@@H]1[C@H](O[C@H]2[C@H](O[C@H]3[C@H](O)[C@@H](O)[C@H](NC(=N)N)[C@@H](O)[C@@H]3NC(=N)N)O[C@@H](C)[C@]2(O)C=O)O[C@@H](CO)[C@H](O)[C@H]1O.S. The summed E-state index contributed by atoms with van der Waals surface area (Å²) in [6.07, 6.45) is -34.6. The Kier molecular flexibility index (Phi) is 24.5. The normalized spacial score (nSPS) is 46.8. The number of hydrogen-bond donors (Lipinski definition) is 28. The molecule has 32 N–H and O–H groups in total. The fourth-order valence-corrected chi connectivity index (χ4v) is 10.4. The minimum Gasteiger partial charge on any atom is -0.394 e. The van der Waals surface area contributed by atoms with Crippen LogP contribution in [0.25, 0.3) is 0 Å². The molecule has 0 aromatic rings. The fraction of sp³-hybridized carbons (Fsp3) is 0.857. The number of aliphatic hydroxyl groups excluding tert-OH is 12. The van der Waals surface area contributed by atoms with E-state index in [1.54, 1.807) is 0 Å². The monoisotopic (exact) mass is 1200 g/mol. The molecule has 0 amide bonds. The molecule has 0 aromatic carbocycles. The van der Waals surface area contributed by atoms with Crippen LogP contribution in [0.1, 0.15) is 13.8 Å². The molecule has 468 valence electrons. The van der Waals surface area contributed by atoms with Crippen LogP contribution in [0.5, 0.6) is 0 Å². The summed E-state index contributed by atoms with van der Waals surface area (Å²) in [6.45, 7) is 1.23. The predicted molar refractivity (Wildman–Crippen MR) is 273 cm³/mol. The number of aldehydes is 2. The summed E-state index contributed by atoms with van der Waals surface area (Å²) in [4.78, 5) is 24.1. The van der Waals surface area contributed by atoms with Crippen LogP contribution in [-0.2, 0) is 47.5 Å². The Hall–Kier alpha value is -4.19. The molecule has 39 heteroatoms. The first-order valence-electron chi connectivity index (χ1n) is 24.8. The molecular weight excluding hydrogens is 1120 g/mol. The van der Waals surface area contributed by atoms with Crippen LogP contribution in [0, 0.1) is 21.6 Å². The smallest absolute Gasteiger partial charge is 0.188 e. The third-order valence-electron chi connectivity index (χ3n) is 14.9. The van der Waals surface area contributed by atoms with Gasteiger partial charge in [-0.15, -0.1) is 0 Å². The molecule has 4 aliphatic heterocycles. The van der Waals surface area contributed by atoms with Crippen LogP contribution in [0.4, 0.5) is 0 Å². The maximum Gasteiger partial charge on any atom is 0.188 e. The Morgan fingerprint density at radius 2 is 0.741 bits per heavy atom. The molecular formula is C42H80N14O24S. The second-order valence-electron chi connectivity index (χ2n) is 19.9. The second kappa shape index (κ2) is 28.6. The summed E-state index contributed by atoms with van der Waals surface area (Å²) in [6, 6.07) is -7.91. The van der Waals surface area contributed by atoms with Crippen molar-refractivity contribution in [2.24, 2.45) is 22.9 Å². The van der Waals surface area contributed by atoms with Crippen molar-refractivity contribution in [3.05, 3.63) is 0 Å². The van der Waals surface area contributed by atoms with E-state index >= 15 is 0 Å². The zero-order valence-corrected chi connectivity index (χ0v) is 44.9. The van der Waals surface area contributed by atoms with Gasteiger partial charge in [0.1, 0.15) is 85.5 Å². The van der Waals surface area contributed by atoms with Gasteiger partial charge in [-0.3, -0.25) is 31.2 Å². The Morgan fingerprint density at radius 3 is 1.00 bits per heavy atom. The van der Waals surface area contributed by atoms with Gasteiger partial charge in [0.2, 0.25) is 0 Å². The van der Waals surface area contributed by atoms with Crippen molar-refractivity contribution in [3.8, 4) is 0 Å². The standard InChI is InChI=1S/2C21H39N7O12.H2S/c2*1-5-21(36,4-30)16(40-17-9(26-2)13(34)10(31)6(3-29)38-17)18(37-5)39-15-8(28-20(24)25)11(32)7(27-19(22)23)12(33)14(15)35;/h2*4-18,26,29,31-36H,3H2,1-2H3,(H4,22,23,27)(H4,24,25,28);1H2/t2*5-,6-,7+,8-,9-,10-,11+,12-,13-,14+,15+,16-,17-,18-,21+;/m00./s1. The first-order valence-corrected chi connectivity index (χ1v) is 24.8. The Balaban J connectivity index is 0.000000344. The lowest BCUT2D eigenvalue weighted by molar-refractivity contribution is -0.314. The van der Waals surface area contributed by atoms with Gasteiger partial charge in [0.25, 0.3) is 0 Å². The Morgan fingerprint density at radius 1 is 0.457 bits per heavy atom. The number of nitrogens with one attached hydrogen (secondary N) is 10. The summed E-state index contributed by atoms with van der Waals surface area (Å²) in [5, 5.41) is 193. The average molecular weight is 1200 g/mol. The molecule has 30 atom stereocenters. The summed E-state index contributed by atoms with van der Waals surface area (Å²) >= 11 is 0. The van der Waals surface area contributed by atoms with Gasteiger partial charge in [-0.25, -0.2) is 0 Å². The van der Waals surface area contributed by atoms with Crippen LogP contribution >= 0.6 is 13.5 Å². The van der Waals surface area contributed by atoms with Gasteiger partial charge in [0, 0.05) is 0 Å². The minimum absolute atomic E-state index is 0. The van der Waals surface area contributed by atoms with Gasteiger partial charge >= 0.3 is 0 Å². The molecule has 0 aromatic heterocycles. The molecule has 0 unspecified atom stereocenters. The van der Waals surface area contributed by atoms with Crippen molar-refractivity contribution in [2.75, 3.05) is 27.3 Å². The molecule has 81 heavy (non-hydrogen) atoms. The van der Waals surface area contributed by atoms with Gasteiger partial charge < -0.3 is 164 Å². The third-order valence-corrected chi connectivity index (χ3v) is 14.9. The number of hydrogen-bond acceptors (Lipinski definition) is 30. The van der Waals surface area contributed by atoms with E-state index in [1.807, 2.05) is 0 Å². The van der Waals surface area contributed by atoms with E-state index in [4.69, 9.17) is 82.5 Å². The van der Waals surface area contributed by atoms with Gasteiger partial charge in [0.05, 0.1) is 73.9 Å². The lowest BCUT2D eigenvalue weighted by atomic mass is 9.81. The van der Waals surface area contributed by atoms with E-state index in [-0.39, 0.29) is 26.1 Å². The number of ether oxygens (including phenoxy) is 8. The van der Waals surface area contributed by atoms with Crippen molar-refractivity contribution >= 4 is 49.9 Å². The van der Waals surface area contributed by atoms with Crippen molar-refractivity contribution < 1.29 is 119 Å². The maximum atomic E-state index is 12.1. The molecule has 2 saturated carbocycles. The Bertz CT molecular complexity index is 1990. The lowest BCUT2D eigenvalue weighted by Gasteiger charge is -2.47. The zero-order chi connectivity index (χ0) is 60.2. The van der Waals surface area contributed by atoms with Crippen molar-refractivity contribution in [2.45, 2.75) is 196 Å². The molecule has 2 aliphatic carbocycles. The number of carbonyl (C=O) groups excluding carboxylic acids is 2. The van der Waals surface area contributed by atoms with E-state index in [0.29, 0.717) is 0 Å². The van der Waals surface area contributed by atoms with Gasteiger partial charge in [-0.1, -0.05) is 0 Å². The molecule has 0 bridgehead atoms. The summed E-state index contributed by atoms with van der Waals surface area (Å²) in [5.41, 5.74) is 16.8. The lowest BCUT2D eigenvalue weighted by Crippen LogP contribution is -2.73. The quantitative estimate of drug-likeness (QED) is 0.0344. The summed E-state index contributed by atoms with van der Waals surface area (Å²) < 4.78 is 45.9. The highest BCUT2D eigenvalue weighted by Crippen LogP contribution is 2.40. The third kappa shape index (κ3) is 14.3. The van der Waals surface area contributed by atoms with Crippen LogP contribution in [0.15, 0.2) is 0 Å². The molecule has 6 aliphatic rings. The molecule has 4 saturated heterocycles. The number of rotatable bonds is 18.